The highest BCUT2D eigenvalue weighted by molar-refractivity contribution is 5.90. The van der Waals surface area contributed by atoms with Crippen LogP contribution >= 0.6 is 0 Å². The lowest BCUT2D eigenvalue weighted by Crippen LogP contribution is -2.10. The Kier molecular flexibility index (Phi) is 5.71. The number of benzene rings is 2. The van der Waals surface area contributed by atoms with E-state index in [9.17, 15) is 4.79 Å². The second-order valence-corrected chi connectivity index (χ2v) is 5.66. The minimum atomic E-state index is -0.694. The van der Waals surface area contributed by atoms with Gasteiger partial charge in [0.1, 0.15) is 0 Å². The summed E-state index contributed by atoms with van der Waals surface area (Å²) in [5, 5.41) is 7.98. The maximum atomic E-state index is 12.4. The van der Waals surface area contributed by atoms with Gasteiger partial charge >= 0.3 is 5.97 Å². The molecule has 7 nitrogen and oxygen atoms in total. The Bertz CT molecular complexity index is 908. The van der Waals surface area contributed by atoms with E-state index in [0.717, 1.165) is 5.56 Å². The van der Waals surface area contributed by atoms with Crippen molar-refractivity contribution in [1.82, 2.24) is 10.2 Å². The van der Waals surface area contributed by atoms with Gasteiger partial charge in [-0.15, -0.1) is 10.2 Å². The van der Waals surface area contributed by atoms with Gasteiger partial charge < -0.3 is 18.6 Å². The predicted octanol–water partition coefficient (Wildman–Crippen LogP) is 4.06. The third-order valence-electron chi connectivity index (χ3n) is 3.79. The van der Waals surface area contributed by atoms with Gasteiger partial charge in [0.05, 0.1) is 19.3 Å². The summed E-state index contributed by atoms with van der Waals surface area (Å²) in [6, 6.07) is 14.2. The number of ether oxygens (including phenoxy) is 3. The van der Waals surface area contributed by atoms with Gasteiger partial charge in [-0.3, -0.25) is 0 Å². The Labute approximate surface area is 156 Å². The van der Waals surface area contributed by atoms with Gasteiger partial charge in [0.2, 0.25) is 5.89 Å². The molecule has 7 heteroatoms. The van der Waals surface area contributed by atoms with Crippen molar-refractivity contribution in [3.05, 3.63) is 60.0 Å². The number of esters is 1. The minimum absolute atomic E-state index is 0.222. The average Bonchev–Trinajstić information content (AvgIpc) is 3.19. The number of methoxy groups -OCH3 is 1. The van der Waals surface area contributed by atoms with E-state index >= 15 is 0 Å². The highest BCUT2D eigenvalue weighted by Gasteiger charge is 2.21. The summed E-state index contributed by atoms with van der Waals surface area (Å²) in [6.45, 7) is 4.04. The van der Waals surface area contributed by atoms with Crippen LogP contribution in [-0.2, 0) is 4.74 Å². The lowest BCUT2D eigenvalue weighted by atomic mass is 10.2. The molecule has 0 unspecified atom stereocenters. The Morgan fingerprint density at radius 1 is 1.11 bits per heavy atom. The van der Waals surface area contributed by atoms with Crippen LogP contribution in [-0.4, -0.2) is 29.9 Å². The first-order valence-electron chi connectivity index (χ1n) is 8.53. The van der Waals surface area contributed by atoms with Crippen LogP contribution in [0.15, 0.2) is 52.9 Å². The number of nitrogens with zero attached hydrogens (tertiary/aromatic N) is 2. The zero-order valence-electron chi connectivity index (χ0n) is 15.3. The molecule has 0 bridgehead atoms. The second-order valence-electron chi connectivity index (χ2n) is 5.66. The molecule has 2 aromatic carbocycles. The van der Waals surface area contributed by atoms with E-state index < -0.39 is 12.1 Å². The van der Waals surface area contributed by atoms with Gasteiger partial charge in [-0.1, -0.05) is 18.2 Å². The third kappa shape index (κ3) is 4.25. The molecule has 3 rings (SSSR count). The smallest absolute Gasteiger partial charge is 0.339 e. The molecule has 0 aliphatic heterocycles. The molecule has 3 aromatic rings. The predicted molar refractivity (Wildman–Crippen MR) is 97.7 cm³/mol. The largest absolute Gasteiger partial charge is 0.493 e. The van der Waals surface area contributed by atoms with E-state index in [-0.39, 0.29) is 5.89 Å². The number of carbonyl (C=O) groups excluding carboxylic acids is 1. The first-order valence-corrected chi connectivity index (χ1v) is 8.53. The molecule has 1 aromatic heterocycles. The van der Waals surface area contributed by atoms with Crippen LogP contribution in [0.4, 0.5) is 0 Å². The third-order valence-corrected chi connectivity index (χ3v) is 3.79. The van der Waals surface area contributed by atoms with Crippen molar-refractivity contribution in [2.75, 3.05) is 13.7 Å². The van der Waals surface area contributed by atoms with Crippen molar-refractivity contribution in [2.45, 2.75) is 20.0 Å². The van der Waals surface area contributed by atoms with Crippen LogP contribution in [0, 0.1) is 0 Å². The molecule has 0 radical (unpaired) electrons. The fourth-order valence-electron chi connectivity index (χ4n) is 2.44. The number of hydrogen-bond donors (Lipinski definition) is 0. The van der Waals surface area contributed by atoms with Crippen LogP contribution in [0.3, 0.4) is 0 Å². The lowest BCUT2D eigenvalue weighted by Gasteiger charge is -2.12. The maximum absolute atomic E-state index is 12.4. The SMILES string of the molecule is CCOc1ccc(C(=O)O[C@H](C)c2nnc(-c3ccccc3)o2)cc1OC. The molecule has 0 fully saturated rings. The molecule has 0 saturated carbocycles. The van der Waals surface area contributed by atoms with E-state index in [2.05, 4.69) is 10.2 Å². The highest BCUT2D eigenvalue weighted by Crippen LogP contribution is 2.29. The number of rotatable bonds is 7. The zero-order chi connectivity index (χ0) is 19.2. The molecule has 1 heterocycles. The number of hydrogen-bond acceptors (Lipinski definition) is 7. The van der Waals surface area contributed by atoms with Gasteiger partial charge in [-0.2, -0.15) is 0 Å². The van der Waals surface area contributed by atoms with Crippen molar-refractivity contribution in [3.63, 3.8) is 0 Å². The molecule has 0 saturated heterocycles. The van der Waals surface area contributed by atoms with E-state index in [1.165, 1.54) is 7.11 Å². The van der Waals surface area contributed by atoms with Gasteiger partial charge in [0, 0.05) is 5.56 Å². The average molecular weight is 368 g/mol. The van der Waals surface area contributed by atoms with Gasteiger partial charge in [-0.25, -0.2) is 4.79 Å². The maximum Gasteiger partial charge on any atom is 0.339 e. The highest BCUT2D eigenvalue weighted by atomic mass is 16.6. The Balaban J connectivity index is 1.72. The van der Waals surface area contributed by atoms with Crippen LogP contribution in [0.25, 0.3) is 11.5 Å². The van der Waals surface area contributed by atoms with E-state index in [1.807, 2.05) is 37.3 Å². The van der Waals surface area contributed by atoms with Crippen molar-refractivity contribution in [3.8, 4) is 23.0 Å². The fourth-order valence-corrected chi connectivity index (χ4v) is 2.44. The van der Waals surface area contributed by atoms with Crippen LogP contribution in [0.1, 0.15) is 36.2 Å². The van der Waals surface area contributed by atoms with Crippen molar-refractivity contribution < 1.29 is 23.4 Å². The van der Waals surface area contributed by atoms with Gasteiger partial charge in [0.25, 0.3) is 5.89 Å². The first kappa shape index (κ1) is 18.4. The molecule has 0 spiro atoms. The Morgan fingerprint density at radius 3 is 2.59 bits per heavy atom. The Morgan fingerprint density at radius 2 is 1.89 bits per heavy atom. The first-order chi connectivity index (χ1) is 13.1. The minimum Gasteiger partial charge on any atom is -0.493 e. The standard InChI is InChI=1S/C20H20N2O5/c1-4-25-16-11-10-15(12-17(16)24-3)20(23)26-13(2)18-21-22-19(27-18)14-8-6-5-7-9-14/h5-13H,4H2,1-3H3/t13-/m1/s1. The van der Waals surface area contributed by atoms with Crippen molar-refractivity contribution in [2.24, 2.45) is 0 Å². The summed E-state index contributed by atoms with van der Waals surface area (Å²) in [6.07, 6.45) is -0.694. The normalized spacial score (nSPS) is 11.7. The summed E-state index contributed by atoms with van der Waals surface area (Å²) < 4.78 is 21.8. The summed E-state index contributed by atoms with van der Waals surface area (Å²) in [5.74, 6) is 1.09. The van der Waals surface area contributed by atoms with E-state index in [1.54, 1.807) is 25.1 Å². The lowest BCUT2D eigenvalue weighted by molar-refractivity contribution is 0.0279. The fraction of sp³-hybridized carbons (Fsp3) is 0.250. The summed E-state index contributed by atoms with van der Waals surface area (Å²) in [4.78, 5) is 12.4. The monoisotopic (exact) mass is 368 g/mol. The molecular weight excluding hydrogens is 348 g/mol. The summed E-state index contributed by atoms with van der Waals surface area (Å²) >= 11 is 0. The van der Waals surface area contributed by atoms with Gasteiger partial charge in [-0.05, 0) is 44.2 Å². The summed E-state index contributed by atoms with van der Waals surface area (Å²) in [5.41, 5.74) is 1.14. The van der Waals surface area contributed by atoms with E-state index in [4.69, 9.17) is 18.6 Å². The zero-order valence-corrected chi connectivity index (χ0v) is 15.3. The topological polar surface area (TPSA) is 83.7 Å². The van der Waals surface area contributed by atoms with Crippen LogP contribution in [0.2, 0.25) is 0 Å². The van der Waals surface area contributed by atoms with Crippen LogP contribution < -0.4 is 9.47 Å². The van der Waals surface area contributed by atoms with E-state index in [0.29, 0.717) is 29.6 Å². The van der Waals surface area contributed by atoms with Crippen LogP contribution in [0.5, 0.6) is 11.5 Å². The second kappa shape index (κ2) is 8.35. The van der Waals surface area contributed by atoms with Crippen molar-refractivity contribution in [1.29, 1.82) is 0 Å². The molecule has 0 amide bonds. The quantitative estimate of drug-likeness (QED) is 0.581. The molecule has 140 valence electrons. The molecule has 27 heavy (non-hydrogen) atoms. The Hall–Kier alpha value is -3.35. The number of aromatic nitrogens is 2. The molecular formula is C20H20N2O5. The van der Waals surface area contributed by atoms with Crippen molar-refractivity contribution >= 4 is 5.97 Å². The molecule has 0 aliphatic rings. The van der Waals surface area contributed by atoms with Gasteiger partial charge in [0.15, 0.2) is 17.6 Å². The molecule has 1 atom stereocenters. The molecule has 0 aliphatic carbocycles. The number of carbonyl (C=O) groups is 1. The summed E-state index contributed by atoms with van der Waals surface area (Å²) in [7, 11) is 1.51. The molecule has 0 N–H and O–H groups in total.